The number of piperazine rings is 1. The third-order valence-corrected chi connectivity index (χ3v) is 4.03. The highest BCUT2D eigenvalue weighted by atomic mass is 79.9. The van der Waals surface area contributed by atoms with Crippen LogP contribution in [0.1, 0.15) is 18.0 Å². The van der Waals surface area contributed by atoms with Crippen molar-refractivity contribution in [3.63, 3.8) is 0 Å². The topological polar surface area (TPSA) is 35.5 Å². The molecule has 1 aliphatic heterocycles. The standard InChI is InChI=1S/C13H16BrF3N2O.2ClH/c14-10-3-1-2-9(12(10)20)11(8-13(15,16)17)19-6-4-18-5-7-19;;/h1-3,11,18,20H,4-8H2;2*1H/t11-;;/m1../s1. The summed E-state index contributed by atoms with van der Waals surface area (Å²) in [5.41, 5.74) is 0.318. The zero-order valence-electron chi connectivity index (χ0n) is 11.6. The van der Waals surface area contributed by atoms with Crippen molar-refractivity contribution in [1.82, 2.24) is 10.2 Å². The molecule has 1 aromatic rings. The van der Waals surface area contributed by atoms with Crippen LogP contribution in [0.4, 0.5) is 13.2 Å². The van der Waals surface area contributed by atoms with E-state index in [4.69, 9.17) is 0 Å². The summed E-state index contributed by atoms with van der Waals surface area (Å²) in [6.07, 6.45) is -5.23. The van der Waals surface area contributed by atoms with E-state index in [2.05, 4.69) is 21.2 Å². The normalized spacial score (nSPS) is 17.3. The Labute approximate surface area is 148 Å². The maximum absolute atomic E-state index is 12.8. The van der Waals surface area contributed by atoms with Crippen molar-refractivity contribution < 1.29 is 18.3 Å². The van der Waals surface area contributed by atoms with E-state index in [1.807, 2.05) is 0 Å². The molecule has 0 spiro atoms. The predicted molar refractivity (Wildman–Crippen MR) is 88.2 cm³/mol. The first kappa shape index (κ1) is 21.8. The van der Waals surface area contributed by atoms with Gasteiger partial charge in [0.2, 0.25) is 0 Å². The molecule has 128 valence electrons. The lowest BCUT2D eigenvalue weighted by molar-refractivity contribution is -0.148. The second-order valence-electron chi connectivity index (χ2n) is 4.80. The Morgan fingerprint density at radius 1 is 1.23 bits per heavy atom. The summed E-state index contributed by atoms with van der Waals surface area (Å²) < 4.78 is 38.9. The summed E-state index contributed by atoms with van der Waals surface area (Å²) >= 11 is 3.16. The number of phenols is 1. The van der Waals surface area contributed by atoms with Gasteiger partial charge in [-0.2, -0.15) is 13.2 Å². The number of benzene rings is 1. The number of alkyl halides is 3. The van der Waals surface area contributed by atoms with Crippen molar-refractivity contribution >= 4 is 40.7 Å². The molecule has 2 N–H and O–H groups in total. The average molecular weight is 426 g/mol. The number of aromatic hydroxyl groups is 1. The first-order chi connectivity index (χ1) is 9.38. The van der Waals surface area contributed by atoms with Gasteiger partial charge in [0, 0.05) is 37.8 Å². The fourth-order valence-electron chi connectivity index (χ4n) is 2.45. The summed E-state index contributed by atoms with van der Waals surface area (Å²) in [7, 11) is 0. The molecule has 1 saturated heterocycles. The minimum absolute atomic E-state index is 0. The zero-order valence-corrected chi connectivity index (χ0v) is 14.8. The Bertz CT molecular complexity index is 471. The van der Waals surface area contributed by atoms with E-state index in [-0.39, 0.29) is 30.6 Å². The van der Waals surface area contributed by atoms with Crippen molar-refractivity contribution in [3.05, 3.63) is 28.2 Å². The number of hydrogen-bond acceptors (Lipinski definition) is 3. The van der Waals surface area contributed by atoms with Gasteiger partial charge >= 0.3 is 6.18 Å². The van der Waals surface area contributed by atoms with E-state index < -0.39 is 18.6 Å². The van der Waals surface area contributed by atoms with Crippen LogP contribution < -0.4 is 5.32 Å². The van der Waals surface area contributed by atoms with E-state index in [9.17, 15) is 18.3 Å². The Morgan fingerprint density at radius 3 is 2.36 bits per heavy atom. The van der Waals surface area contributed by atoms with Crippen molar-refractivity contribution in [2.45, 2.75) is 18.6 Å². The summed E-state index contributed by atoms with van der Waals surface area (Å²) in [4.78, 5) is 1.77. The van der Waals surface area contributed by atoms with Crippen molar-refractivity contribution in [3.8, 4) is 5.75 Å². The molecule has 1 aromatic carbocycles. The van der Waals surface area contributed by atoms with Crippen LogP contribution in [0.5, 0.6) is 5.75 Å². The molecule has 2 rings (SSSR count). The largest absolute Gasteiger partial charge is 0.506 e. The third-order valence-electron chi connectivity index (χ3n) is 3.39. The van der Waals surface area contributed by atoms with Gasteiger partial charge in [-0.3, -0.25) is 4.90 Å². The molecule has 1 heterocycles. The van der Waals surface area contributed by atoms with Gasteiger partial charge < -0.3 is 10.4 Å². The van der Waals surface area contributed by atoms with E-state index in [0.29, 0.717) is 36.2 Å². The number of para-hydroxylation sites is 1. The Kier molecular flexibility index (Phi) is 9.09. The van der Waals surface area contributed by atoms with E-state index >= 15 is 0 Å². The second-order valence-corrected chi connectivity index (χ2v) is 5.65. The van der Waals surface area contributed by atoms with Gasteiger partial charge in [-0.05, 0) is 22.0 Å². The number of nitrogens with zero attached hydrogens (tertiary/aromatic N) is 1. The fraction of sp³-hybridized carbons (Fsp3) is 0.538. The Balaban J connectivity index is 0.00000220. The maximum atomic E-state index is 12.8. The lowest BCUT2D eigenvalue weighted by Crippen LogP contribution is -2.46. The van der Waals surface area contributed by atoms with Gasteiger partial charge in [0.25, 0.3) is 0 Å². The highest BCUT2D eigenvalue weighted by Crippen LogP contribution is 2.40. The van der Waals surface area contributed by atoms with Gasteiger partial charge in [-0.15, -0.1) is 24.8 Å². The van der Waals surface area contributed by atoms with Crippen LogP contribution in [-0.2, 0) is 0 Å². The Hall–Kier alpha value is -0.210. The van der Waals surface area contributed by atoms with Crippen LogP contribution in [-0.4, -0.2) is 42.4 Å². The predicted octanol–water partition coefficient (Wildman–Crippen LogP) is 3.90. The third kappa shape index (κ3) is 5.77. The lowest BCUT2D eigenvalue weighted by atomic mass is 10.00. The first-order valence-corrected chi connectivity index (χ1v) is 7.16. The summed E-state index contributed by atoms with van der Waals surface area (Å²) in [6, 6.07) is 3.96. The van der Waals surface area contributed by atoms with Crippen LogP contribution in [0, 0.1) is 0 Å². The fourth-order valence-corrected chi connectivity index (χ4v) is 2.83. The van der Waals surface area contributed by atoms with Crippen LogP contribution in [0.3, 0.4) is 0 Å². The van der Waals surface area contributed by atoms with Crippen LogP contribution in [0.15, 0.2) is 22.7 Å². The SMILES string of the molecule is Cl.Cl.Oc1c(Br)cccc1[C@@H](CC(F)(F)F)N1CCNCC1. The molecule has 0 bridgehead atoms. The number of halogens is 6. The quantitative estimate of drug-likeness (QED) is 0.770. The molecular formula is C13H18BrCl2F3N2O. The first-order valence-electron chi connectivity index (χ1n) is 6.37. The number of phenolic OH excluding ortho intramolecular Hbond substituents is 1. The van der Waals surface area contributed by atoms with Crippen molar-refractivity contribution in [2.75, 3.05) is 26.2 Å². The lowest BCUT2D eigenvalue weighted by Gasteiger charge is -2.36. The van der Waals surface area contributed by atoms with Crippen LogP contribution >= 0.6 is 40.7 Å². The van der Waals surface area contributed by atoms with Crippen molar-refractivity contribution in [2.24, 2.45) is 0 Å². The van der Waals surface area contributed by atoms with E-state index in [0.717, 1.165) is 0 Å². The zero-order chi connectivity index (χ0) is 14.8. The van der Waals surface area contributed by atoms with Crippen LogP contribution in [0.2, 0.25) is 0 Å². The molecule has 0 saturated carbocycles. The van der Waals surface area contributed by atoms with Gasteiger partial charge in [0.05, 0.1) is 10.9 Å². The maximum Gasteiger partial charge on any atom is 0.390 e. The van der Waals surface area contributed by atoms with Gasteiger partial charge in [-0.1, -0.05) is 12.1 Å². The highest BCUT2D eigenvalue weighted by Gasteiger charge is 2.37. The number of rotatable bonds is 3. The van der Waals surface area contributed by atoms with Gasteiger partial charge in [0.1, 0.15) is 5.75 Å². The smallest absolute Gasteiger partial charge is 0.390 e. The Morgan fingerprint density at radius 2 is 1.82 bits per heavy atom. The molecule has 22 heavy (non-hydrogen) atoms. The molecule has 0 unspecified atom stereocenters. The molecule has 0 aliphatic carbocycles. The molecule has 3 nitrogen and oxygen atoms in total. The minimum Gasteiger partial charge on any atom is -0.506 e. The molecule has 1 fully saturated rings. The van der Waals surface area contributed by atoms with Gasteiger partial charge in [0.15, 0.2) is 0 Å². The number of nitrogens with one attached hydrogen (secondary N) is 1. The highest BCUT2D eigenvalue weighted by molar-refractivity contribution is 9.10. The average Bonchev–Trinajstić information content (AvgIpc) is 2.40. The van der Waals surface area contributed by atoms with E-state index in [1.54, 1.807) is 23.1 Å². The molecule has 1 atom stereocenters. The minimum atomic E-state index is -4.27. The van der Waals surface area contributed by atoms with E-state index in [1.165, 1.54) is 0 Å². The molecule has 1 aliphatic rings. The summed E-state index contributed by atoms with van der Waals surface area (Å²) in [5, 5.41) is 13.2. The van der Waals surface area contributed by atoms with Crippen molar-refractivity contribution in [1.29, 1.82) is 0 Å². The molecule has 0 radical (unpaired) electrons. The number of hydrogen-bond donors (Lipinski definition) is 2. The van der Waals surface area contributed by atoms with Gasteiger partial charge in [-0.25, -0.2) is 0 Å². The summed E-state index contributed by atoms with van der Waals surface area (Å²) in [6.45, 7) is 2.38. The molecule has 9 heteroatoms. The monoisotopic (exact) mass is 424 g/mol. The summed E-state index contributed by atoms with van der Waals surface area (Å²) in [5.74, 6) is -0.111. The van der Waals surface area contributed by atoms with Crippen LogP contribution in [0.25, 0.3) is 0 Å². The molecular weight excluding hydrogens is 408 g/mol. The second kappa shape index (κ2) is 9.17. The molecule has 0 amide bonds. The molecule has 0 aromatic heterocycles.